The van der Waals surface area contributed by atoms with E-state index in [1.807, 2.05) is 24.4 Å². The van der Waals surface area contributed by atoms with Crippen molar-refractivity contribution in [1.29, 1.82) is 0 Å². The molecule has 0 aliphatic heterocycles. The first-order valence-electron chi connectivity index (χ1n) is 8.32. The van der Waals surface area contributed by atoms with Crippen LogP contribution in [0.5, 0.6) is 0 Å². The highest BCUT2D eigenvalue weighted by Crippen LogP contribution is 2.59. The van der Waals surface area contributed by atoms with Gasteiger partial charge in [0.05, 0.1) is 5.92 Å². The van der Waals surface area contributed by atoms with Crippen LogP contribution in [0.2, 0.25) is 0 Å². The molecule has 1 amide bonds. The van der Waals surface area contributed by atoms with E-state index in [9.17, 15) is 4.79 Å². The van der Waals surface area contributed by atoms with Crippen molar-refractivity contribution >= 4 is 22.4 Å². The van der Waals surface area contributed by atoms with Gasteiger partial charge in [0.2, 0.25) is 5.91 Å². The molecule has 126 valence electrons. The van der Waals surface area contributed by atoms with Crippen LogP contribution < -0.4 is 5.32 Å². The van der Waals surface area contributed by atoms with E-state index >= 15 is 0 Å². The maximum atomic E-state index is 12.6. The lowest BCUT2D eigenvalue weighted by Crippen LogP contribution is -2.16. The van der Waals surface area contributed by atoms with E-state index in [0.29, 0.717) is 11.0 Å². The molecule has 2 unspecified atom stereocenters. The van der Waals surface area contributed by atoms with Crippen molar-refractivity contribution in [2.45, 2.75) is 34.1 Å². The Labute approximate surface area is 147 Å². The predicted molar refractivity (Wildman–Crippen MR) is 100 cm³/mol. The Morgan fingerprint density at radius 1 is 1.29 bits per heavy atom. The van der Waals surface area contributed by atoms with Crippen molar-refractivity contribution in [3.05, 3.63) is 58.6 Å². The first kappa shape index (κ1) is 16.9. The number of nitrogens with one attached hydrogen (secondary N) is 1. The van der Waals surface area contributed by atoms with Crippen molar-refractivity contribution in [1.82, 2.24) is 4.98 Å². The molecule has 1 aliphatic rings. The number of aromatic nitrogens is 1. The molecule has 1 aromatic carbocycles. The van der Waals surface area contributed by atoms with Gasteiger partial charge in [0.15, 0.2) is 5.13 Å². The number of carbonyl (C=O) groups is 1. The number of anilines is 1. The zero-order valence-electron chi connectivity index (χ0n) is 14.7. The highest BCUT2D eigenvalue weighted by molar-refractivity contribution is 7.15. The van der Waals surface area contributed by atoms with Gasteiger partial charge in [0, 0.05) is 17.5 Å². The van der Waals surface area contributed by atoms with Crippen LogP contribution in [0.15, 0.2) is 48.2 Å². The fourth-order valence-electron chi connectivity index (χ4n) is 3.28. The molecule has 1 heterocycles. The van der Waals surface area contributed by atoms with Crippen LogP contribution in [0.4, 0.5) is 5.13 Å². The third-order valence-corrected chi connectivity index (χ3v) is 5.62. The number of hydrogen-bond donors (Lipinski definition) is 1. The monoisotopic (exact) mass is 340 g/mol. The molecule has 0 bridgehead atoms. The third kappa shape index (κ3) is 3.59. The van der Waals surface area contributed by atoms with E-state index in [0.717, 1.165) is 11.3 Å². The van der Waals surface area contributed by atoms with Gasteiger partial charge in [-0.05, 0) is 30.7 Å². The number of hydrogen-bond acceptors (Lipinski definition) is 3. The molecular weight excluding hydrogens is 316 g/mol. The number of allylic oxidation sites excluding steroid dienone is 2. The predicted octanol–water partition coefficient (Wildman–Crippen LogP) is 4.91. The van der Waals surface area contributed by atoms with Crippen molar-refractivity contribution < 1.29 is 4.79 Å². The SMILES string of the molecule is CC(C)=CC1C(C(=O)Nc2ncc(Cc3ccccc3)s2)C1(C)C. The fourth-order valence-corrected chi connectivity index (χ4v) is 4.13. The van der Waals surface area contributed by atoms with Gasteiger partial charge in [-0.3, -0.25) is 4.79 Å². The van der Waals surface area contributed by atoms with Crippen LogP contribution >= 0.6 is 11.3 Å². The summed E-state index contributed by atoms with van der Waals surface area (Å²) in [6.45, 7) is 8.48. The molecule has 3 rings (SSSR count). The van der Waals surface area contributed by atoms with Crippen molar-refractivity contribution in [3.63, 3.8) is 0 Å². The maximum absolute atomic E-state index is 12.6. The summed E-state index contributed by atoms with van der Waals surface area (Å²) in [5.41, 5.74) is 2.56. The Bertz CT molecular complexity index is 757. The van der Waals surface area contributed by atoms with E-state index in [-0.39, 0.29) is 17.2 Å². The topological polar surface area (TPSA) is 42.0 Å². The minimum Gasteiger partial charge on any atom is -0.302 e. The highest BCUT2D eigenvalue weighted by atomic mass is 32.1. The van der Waals surface area contributed by atoms with Gasteiger partial charge >= 0.3 is 0 Å². The van der Waals surface area contributed by atoms with E-state index < -0.39 is 0 Å². The number of amides is 1. The van der Waals surface area contributed by atoms with Crippen LogP contribution in [0, 0.1) is 17.3 Å². The van der Waals surface area contributed by atoms with Crippen LogP contribution in [0.1, 0.15) is 38.1 Å². The fraction of sp³-hybridized carbons (Fsp3) is 0.400. The van der Waals surface area contributed by atoms with E-state index in [2.05, 4.69) is 56.2 Å². The van der Waals surface area contributed by atoms with E-state index in [1.165, 1.54) is 11.1 Å². The molecule has 2 aromatic rings. The van der Waals surface area contributed by atoms with E-state index in [4.69, 9.17) is 0 Å². The molecule has 24 heavy (non-hydrogen) atoms. The minimum atomic E-state index is 0.0332. The Balaban J connectivity index is 1.63. The summed E-state index contributed by atoms with van der Waals surface area (Å²) in [6.07, 6.45) is 4.93. The third-order valence-electron chi connectivity index (χ3n) is 4.71. The van der Waals surface area contributed by atoms with Crippen LogP contribution in [0.3, 0.4) is 0 Å². The van der Waals surface area contributed by atoms with Crippen LogP contribution in [-0.2, 0) is 11.2 Å². The summed E-state index contributed by atoms with van der Waals surface area (Å²) in [6, 6.07) is 10.3. The second-order valence-corrected chi connectivity index (χ2v) is 8.47. The molecule has 3 nitrogen and oxygen atoms in total. The Morgan fingerprint density at radius 2 is 2.00 bits per heavy atom. The molecule has 1 N–H and O–H groups in total. The van der Waals surface area contributed by atoms with Gasteiger partial charge in [0.1, 0.15) is 0 Å². The molecular formula is C20H24N2OS. The minimum absolute atomic E-state index is 0.0332. The molecule has 1 fully saturated rings. The van der Waals surface area contributed by atoms with Gasteiger partial charge in [-0.25, -0.2) is 4.98 Å². The van der Waals surface area contributed by atoms with Gasteiger partial charge in [-0.15, -0.1) is 11.3 Å². The second-order valence-electron chi connectivity index (χ2n) is 7.35. The Morgan fingerprint density at radius 3 is 2.67 bits per heavy atom. The normalized spacial score (nSPS) is 21.2. The standard InChI is InChI=1S/C20H24N2OS/c1-13(2)10-16-17(20(16,3)4)18(23)22-19-21-12-15(24-19)11-14-8-6-5-7-9-14/h5-10,12,16-17H,11H2,1-4H3,(H,21,22,23). The lowest BCUT2D eigenvalue weighted by molar-refractivity contribution is -0.118. The summed E-state index contributed by atoms with van der Waals surface area (Å²) in [5, 5.41) is 3.71. The molecule has 0 saturated heterocycles. The quantitative estimate of drug-likeness (QED) is 0.786. The van der Waals surface area contributed by atoms with Gasteiger partial charge in [-0.2, -0.15) is 0 Å². The largest absolute Gasteiger partial charge is 0.302 e. The molecule has 4 heteroatoms. The summed E-state index contributed by atoms with van der Waals surface area (Å²) in [7, 11) is 0. The molecule has 1 aromatic heterocycles. The van der Waals surface area contributed by atoms with Gasteiger partial charge < -0.3 is 5.32 Å². The van der Waals surface area contributed by atoms with Gasteiger partial charge in [-0.1, -0.05) is 55.8 Å². The number of thiazole rings is 1. The Kier molecular flexibility index (Phi) is 4.59. The molecule has 0 radical (unpaired) electrons. The van der Waals surface area contributed by atoms with Crippen LogP contribution in [0.25, 0.3) is 0 Å². The molecule has 0 spiro atoms. The highest BCUT2D eigenvalue weighted by Gasteiger charge is 2.60. The van der Waals surface area contributed by atoms with Gasteiger partial charge in [0.25, 0.3) is 0 Å². The van der Waals surface area contributed by atoms with Crippen LogP contribution in [-0.4, -0.2) is 10.9 Å². The lowest BCUT2D eigenvalue weighted by Gasteiger charge is -2.02. The molecule has 1 saturated carbocycles. The average molecular weight is 340 g/mol. The number of carbonyl (C=O) groups excluding carboxylic acids is 1. The van der Waals surface area contributed by atoms with Crippen molar-refractivity contribution in [3.8, 4) is 0 Å². The average Bonchev–Trinajstić information content (AvgIpc) is 2.83. The van der Waals surface area contributed by atoms with E-state index in [1.54, 1.807) is 11.3 Å². The summed E-state index contributed by atoms with van der Waals surface area (Å²) >= 11 is 1.56. The second kappa shape index (κ2) is 6.52. The zero-order chi connectivity index (χ0) is 17.3. The Hall–Kier alpha value is -1.94. The first-order valence-corrected chi connectivity index (χ1v) is 9.14. The zero-order valence-corrected chi connectivity index (χ0v) is 15.5. The number of rotatable bonds is 5. The summed E-state index contributed by atoms with van der Waals surface area (Å²) in [4.78, 5) is 18.1. The molecule has 1 aliphatic carbocycles. The number of nitrogens with zero attached hydrogens (tertiary/aromatic N) is 1. The lowest BCUT2D eigenvalue weighted by atomic mass is 10.1. The summed E-state index contributed by atoms with van der Waals surface area (Å²) < 4.78 is 0. The van der Waals surface area contributed by atoms with Crippen molar-refractivity contribution in [2.24, 2.45) is 17.3 Å². The maximum Gasteiger partial charge on any atom is 0.230 e. The number of benzene rings is 1. The molecule has 2 atom stereocenters. The first-order chi connectivity index (χ1) is 11.4. The smallest absolute Gasteiger partial charge is 0.230 e. The van der Waals surface area contributed by atoms with Crippen molar-refractivity contribution in [2.75, 3.05) is 5.32 Å². The summed E-state index contributed by atoms with van der Waals surface area (Å²) in [5.74, 6) is 0.447.